The number of nitrogens with one attached hydrogen (secondary N) is 2. The number of carbonyl (C=O) groups is 1. The number of aromatic hydroxyl groups is 1. The summed E-state index contributed by atoms with van der Waals surface area (Å²) >= 11 is 0. The molecule has 1 amide bonds. The number of ether oxygens (including phenoxy) is 2. The van der Waals surface area contributed by atoms with E-state index in [4.69, 9.17) is 14.5 Å². The highest BCUT2D eigenvalue weighted by Crippen LogP contribution is 2.37. The lowest BCUT2D eigenvalue weighted by molar-refractivity contribution is -0.116. The number of methoxy groups -OCH3 is 2. The Bertz CT molecular complexity index is 1160. The number of pyridine rings is 1. The lowest BCUT2D eigenvalue weighted by Crippen LogP contribution is -2.27. The van der Waals surface area contributed by atoms with Gasteiger partial charge in [0, 0.05) is 35.9 Å². The van der Waals surface area contributed by atoms with Crippen LogP contribution in [0, 0.1) is 0 Å². The number of amides is 1. The van der Waals surface area contributed by atoms with Gasteiger partial charge in [0.05, 0.1) is 19.7 Å². The Hall–Kier alpha value is -3.74. The number of rotatable bonds is 8. The number of benzene rings is 2. The Labute approximate surface area is 193 Å². The zero-order valence-electron chi connectivity index (χ0n) is 19.0. The first-order valence-corrected chi connectivity index (χ1v) is 11.2. The van der Waals surface area contributed by atoms with Gasteiger partial charge in [-0.05, 0) is 61.1 Å². The van der Waals surface area contributed by atoms with Crippen molar-refractivity contribution in [3.63, 3.8) is 0 Å². The van der Waals surface area contributed by atoms with Gasteiger partial charge in [0.15, 0.2) is 11.5 Å². The molecule has 0 bridgehead atoms. The third-order valence-corrected chi connectivity index (χ3v) is 5.82. The number of nitrogens with zero attached hydrogens (tertiary/aromatic N) is 1. The molecule has 7 nitrogen and oxygen atoms in total. The monoisotopic (exact) mass is 447 g/mol. The van der Waals surface area contributed by atoms with Crippen molar-refractivity contribution in [3.05, 3.63) is 59.3 Å². The third-order valence-electron chi connectivity index (χ3n) is 5.82. The van der Waals surface area contributed by atoms with Crippen LogP contribution in [0.4, 0.5) is 5.69 Å². The first-order valence-electron chi connectivity index (χ1n) is 11.2. The number of anilines is 1. The van der Waals surface area contributed by atoms with Crippen LogP contribution in [-0.4, -0.2) is 43.3 Å². The highest BCUT2D eigenvalue weighted by atomic mass is 16.5. The lowest BCUT2D eigenvalue weighted by Gasteiger charge is -2.21. The van der Waals surface area contributed by atoms with Crippen LogP contribution < -0.4 is 20.1 Å². The van der Waals surface area contributed by atoms with Gasteiger partial charge in [-0.3, -0.25) is 9.78 Å². The highest BCUT2D eigenvalue weighted by Gasteiger charge is 2.17. The molecule has 0 saturated carbocycles. The van der Waals surface area contributed by atoms with Gasteiger partial charge in [-0.2, -0.15) is 0 Å². The van der Waals surface area contributed by atoms with E-state index in [0.29, 0.717) is 18.7 Å². The summed E-state index contributed by atoms with van der Waals surface area (Å²) in [5, 5.41) is 17.6. The van der Waals surface area contributed by atoms with Crippen LogP contribution in [0.25, 0.3) is 17.0 Å². The SMILES string of the molecule is COc1cc(/C=C/C(=O)NCCNc2c3c(nc4ccccc24)CCCC3)cc(OC)c1O. The summed E-state index contributed by atoms with van der Waals surface area (Å²) in [6, 6.07) is 11.5. The van der Waals surface area contributed by atoms with Crippen molar-refractivity contribution in [1.29, 1.82) is 0 Å². The molecule has 2 aromatic carbocycles. The van der Waals surface area contributed by atoms with Crippen LogP contribution in [0.1, 0.15) is 29.7 Å². The summed E-state index contributed by atoms with van der Waals surface area (Å²) in [4.78, 5) is 17.2. The molecule has 3 N–H and O–H groups in total. The van der Waals surface area contributed by atoms with Gasteiger partial charge in [-0.15, -0.1) is 0 Å². The molecule has 0 saturated heterocycles. The van der Waals surface area contributed by atoms with Crippen LogP contribution in [0.2, 0.25) is 0 Å². The van der Waals surface area contributed by atoms with Crippen LogP contribution in [0.5, 0.6) is 17.2 Å². The standard InChI is InChI=1S/C26H29N3O4/c1-32-22-15-17(16-23(33-2)26(22)31)11-12-24(30)27-13-14-28-25-18-7-3-5-9-20(18)29-21-10-6-4-8-19(21)25/h3,5,7,9,11-12,15-16,31H,4,6,8,10,13-14H2,1-2H3,(H,27,30)(H,28,29)/b12-11+. The van der Waals surface area contributed by atoms with E-state index in [1.807, 2.05) is 12.1 Å². The number of fused-ring (bicyclic) bond motifs is 2. The van der Waals surface area contributed by atoms with E-state index >= 15 is 0 Å². The van der Waals surface area contributed by atoms with Crippen LogP contribution in [0.15, 0.2) is 42.5 Å². The minimum absolute atomic E-state index is 0.0708. The van der Waals surface area contributed by atoms with Crippen molar-refractivity contribution in [2.24, 2.45) is 0 Å². The number of aromatic nitrogens is 1. The van der Waals surface area contributed by atoms with E-state index in [9.17, 15) is 9.90 Å². The minimum Gasteiger partial charge on any atom is -0.502 e. The molecule has 0 spiro atoms. The molecule has 3 aromatic rings. The van der Waals surface area contributed by atoms with Gasteiger partial charge >= 0.3 is 0 Å². The first-order chi connectivity index (χ1) is 16.1. The van der Waals surface area contributed by atoms with Crippen LogP contribution >= 0.6 is 0 Å². The zero-order chi connectivity index (χ0) is 23.2. The molecule has 1 heterocycles. The lowest BCUT2D eigenvalue weighted by atomic mass is 9.92. The van der Waals surface area contributed by atoms with Crippen molar-refractivity contribution in [2.75, 3.05) is 32.6 Å². The maximum absolute atomic E-state index is 12.3. The Kier molecular flexibility index (Phi) is 6.98. The number of phenols is 1. The minimum atomic E-state index is -0.204. The number of carbonyl (C=O) groups excluding carboxylic acids is 1. The quantitative estimate of drug-likeness (QED) is 0.356. The van der Waals surface area contributed by atoms with E-state index < -0.39 is 0 Å². The topological polar surface area (TPSA) is 92.7 Å². The van der Waals surface area contributed by atoms with Crippen molar-refractivity contribution < 1.29 is 19.4 Å². The predicted molar refractivity (Wildman–Crippen MR) is 130 cm³/mol. The Morgan fingerprint density at radius 1 is 1.09 bits per heavy atom. The van der Waals surface area contributed by atoms with Crippen molar-refractivity contribution in [2.45, 2.75) is 25.7 Å². The third kappa shape index (κ3) is 5.03. The summed E-state index contributed by atoms with van der Waals surface area (Å²) in [5.74, 6) is 0.293. The van der Waals surface area contributed by atoms with E-state index in [0.717, 1.165) is 29.4 Å². The Morgan fingerprint density at radius 2 is 1.82 bits per heavy atom. The Morgan fingerprint density at radius 3 is 2.58 bits per heavy atom. The molecule has 1 aliphatic rings. The molecular formula is C26H29N3O4. The molecule has 0 fully saturated rings. The molecule has 0 radical (unpaired) electrons. The second kappa shape index (κ2) is 10.3. The molecule has 0 unspecified atom stereocenters. The number of phenolic OH excluding ortho intramolecular Hbond substituents is 1. The average molecular weight is 448 g/mol. The molecule has 172 valence electrons. The van der Waals surface area contributed by atoms with E-state index in [1.54, 1.807) is 18.2 Å². The zero-order valence-corrected chi connectivity index (χ0v) is 19.0. The summed E-state index contributed by atoms with van der Waals surface area (Å²) < 4.78 is 10.3. The first kappa shape index (κ1) is 22.5. The fourth-order valence-corrected chi connectivity index (χ4v) is 4.19. The summed E-state index contributed by atoms with van der Waals surface area (Å²) in [7, 11) is 2.93. The number of aryl methyl sites for hydroxylation is 1. The largest absolute Gasteiger partial charge is 0.502 e. The number of hydrogen-bond acceptors (Lipinski definition) is 6. The van der Waals surface area contributed by atoms with E-state index in [2.05, 4.69) is 22.8 Å². The van der Waals surface area contributed by atoms with Gasteiger partial charge in [-0.1, -0.05) is 18.2 Å². The van der Waals surface area contributed by atoms with Gasteiger partial charge < -0.3 is 25.2 Å². The smallest absolute Gasteiger partial charge is 0.244 e. The number of para-hydroxylation sites is 1. The fraction of sp³-hybridized carbons (Fsp3) is 0.308. The normalized spacial score (nSPS) is 13.0. The van der Waals surface area contributed by atoms with Crippen LogP contribution in [0.3, 0.4) is 0 Å². The van der Waals surface area contributed by atoms with Crippen LogP contribution in [-0.2, 0) is 17.6 Å². The maximum atomic E-state index is 12.3. The maximum Gasteiger partial charge on any atom is 0.244 e. The molecule has 1 aromatic heterocycles. The molecule has 7 heteroatoms. The van der Waals surface area contributed by atoms with Gasteiger partial charge in [0.25, 0.3) is 0 Å². The van der Waals surface area contributed by atoms with Gasteiger partial charge in [0.2, 0.25) is 11.7 Å². The molecule has 1 aliphatic carbocycles. The second-order valence-corrected chi connectivity index (χ2v) is 7.96. The van der Waals surface area contributed by atoms with Gasteiger partial charge in [0.1, 0.15) is 0 Å². The van der Waals surface area contributed by atoms with Crippen molar-refractivity contribution in [3.8, 4) is 17.2 Å². The summed E-state index contributed by atoms with van der Waals surface area (Å²) in [6.07, 6.45) is 7.51. The predicted octanol–water partition coefficient (Wildman–Crippen LogP) is 4.08. The molecule has 0 aliphatic heterocycles. The van der Waals surface area contributed by atoms with Crippen molar-refractivity contribution >= 4 is 28.6 Å². The Balaban J connectivity index is 1.38. The molecular weight excluding hydrogens is 418 g/mol. The van der Waals surface area contributed by atoms with E-state index in [1.165, 1.54) is 44.4 Å². The van der Waals surface area contributed by atoms with E-state index in [-0.39, 0.29) is 23.2 Å². The number of hydrogen-bond donors (Lipinski definition) is 3. The summed E-state index contributed by atoms with van der Waals surface area (Å²) in [5.41, 5.74) is 5.33. The summed E-state index contributed by atoms with van der Waals surface area (Å²) in [6.45, 7) is 1.09. The highest BCUT2D eigenvalue weighted by molar-refractivity contribution is 5.94. The van der Waals surface area contributed by atoms with Gasteiger partial charge in [-0.25, -0.2) is 0 Å². The average Bonchev–Trinajstić information content (AvgIpc) is 2.85. The molecule has 33 heavy (non-hydrogen) atoms. The second-order valence-electron chi connectivity index (χ2n) is 7.96. The molecule has 0 atom stereocenters. The van der Waals surface area contributed by atoms with Crippen molar-refractivity contribution in [1.82, 2.24) is 10.3 Å². The molecule has 4 rings (SSSR count). The fourth-order valence-electron chi connectivity index (χ4n) is 4.19.